The first-order chi connectivity index (χ1) is 8.60. The third-order valence-electron chi connectivity index (χ3n) is 4.35. The maximum absolute atomic E-state index is 6.48. The number of hydrogen-bond donors (Lipinski definition) is 1. The molecule has 2 nitrogen and oxygen atoms in total. The predicted molar refractivity (Wildman–Crippen MR) is 81.9 cm³/mol. The molecule has 1 aliphatic heterocycles. The topological polar surface area (TPSA) is 35.2 Å². The molecule has 1 saturated carbocycles. The fourth-order valence-electron chi connectivity index (χ4n) is 3.13. The van der Waals surface area contributed by atoms with Crippen molar-refractivity contribution in [1.82, 2.24) is 0 Å². The first-order valence-corrected chi connectivity index (χ1v) is 8.84. The second kappa shape index (κ2) is 5.17. The zero-order chi connectivity index (χ0) is 12.8. The third kappa shape index (κ3) is 2.44. The smallest absolute Gasteiger partial charge is 0.0758 e. The van der Waals surface area contributed by atoms with Gasteiger partial charge in [-0.25, -0.2) is 0 Å². The minimum absolute atomic E-state index is 0.128. The van der Waals surface area contributed by atoms with Gasteiger partial charge in [0, 0.05) is 12.6 Å². The summed E-state index contributed by atoms with van der Waals surface area (Å²) >= 11 is 8.86. The van der Waals surface area contributed by atoms with Crippen molar-refractivity contribution >= 4 is 43.2 Å². The number of rotatable bonds is 2. The summed E-state index contributed by atoms with van der Waals surface area (Å²) in [4.78, 5) is 0. The van der Waals surface area contributed by atoms with Gasteiger partial charge in [-0.15, -0.1) is 11.3 Å². The first kappa shape index (κ1) is 13.6. The van der Waals surface area contributed by atoms with Gasteiger partial charge in [0.1, 0.15) is 0 Å². The Kier molecular flexibility index (Phi) is 3.89. The van der Waals surface area contributed by atoms with Crippen LogP contribution in [0.3, 0.4) is 0 Å². The number of ether oxygens (including phenoxy) is 1. The SMILES string of the molecule is NC(c1cc(Br)sc1Br)C1CCOC2(CCC2)C1. The predicted octanol–water partition coefficient (Wildman–Crippen LogP) is 4.62. The summed E-state index contributed by atoms with van der Waals surface area (Å²) in [5.74, 6) is 0.553. The van der Waals surface area contributed by atoms with E-state index in [1.165, 1.54) is 24.8 Å². The average molecular weight is 395 g/mol. The lowest BCUT2D eigenvalue weighted by molar-refractivity contribution is -0.146. The molecule has 100 valence electrons. The van der Waals surface area contributed by atoms with Gasteiger partial charge in [0.25, 0.3) is 0 Å². The van der Waals surface area contributed by atoms with Crippen molar-refractivity contribution < 1.29 is 4.74 Å². The molecule has 2 atom stereocenters. The molecule has 2 N–H and O–H groups in total. The summed E-state index contributed by atoms with van der Waals surface area (Å²) in [6, 6.07) is 2.28. The summed E-state index contributed by atoms with van der Waals surface area (Å²) < 4.78 is 8.29. The minimum atomic E-state index is 0.128. The largest absolute Gasteiger partial charge is 0.375 e. The van der Waals surface area contributed by atoms with Crippen LogP contribution in [0.25, 0.3) is 0 Å². The van der Waals surface area contributed by atoms with Gasteiger partial charge in [0.2, 0.25) is 0 Å². The average Bonchev–Trinajstić information content (AvgIpc) is 2.66. The summed E-state index contributed by atoms with van der Waals surface area (Å²) in [5.41, 5.74) is 7.91. The Morgan fingerprint density at radius 3 is 2.78 bits per heavy atom. The van der Waals surface area contributed by atoms with E-state index in [0.717, 1.165) is 27.0 Å². The first-order valence-electron chi connectivity index (χ1n) is 6.44. The van der Waals surface area contributed by atoms with Gasteiger partial charge >= 0.3 is 0 Å². The summed E-state index contributed by atoms with van der Waals surface area (Å²) in [7, 11) is 0. The Hall–Kier alpha value is 0.580. The standard InChI is InChI=1S/C13H17Br2NOS/c14-10-6-9(12(15)18-10)11(16)8-2-5-17-13(7-8)3-1-4-13/h6,8,11H,1-5,7,16H2. The fourth-order valence-corrected chi connectivity index (χ4v) is 6.08. The Morgan fingerprint density at radius 2 is 2.22 bits per heavy atom. The van der Waals surface area contributed by atoms with Crippen LogP contribution >= 0.6 is 43.2 Å². The minimum Gasteiger partial charge on any atom is -0.375 e. The lowest BCUT2D eigenvalue weighted by Crippen LogP contribution is -2.47. The molecule has 18 heavy (non-hydrogen) atoms. The maximum atomic E-state index is 6.48. The van der Waals surface area contributed by atoms with Crippen LogP contribution in [-0.2, 0) is 4.74 Å². The molecule has 0 amide bonds. The van der Waals surface area contributed by atoms with Crippen LogP contribution in [0.4, 0.5) is 0 Å². The van der Waals surface area contributed by atoms with E-state index in [1.54, 1.807) is 11.3 Å². The van der Waals surface area contributed by atoms with Crippen LogP contribution in [0.15, 0.2) is 13.6 Å². The van der Waals surface area contributed by atoms with E-state index in [0.29, 0.717) is 5.92 Å². The lowest BCUT2D eigenvalue weighted by atomic mass is 9.70. The van der Waals surface area contributed by atoms with Crippen molar-refractivity contribution in [2.24, 2.45) is 11.7 Å². The number of thiophene rings is 1. The van der Waals surface area contributed by atoms with Crippen LogP contribution < -0.4 is 5.73 Å². The van der Waals surface area contributed by atoms with Crippen LogP contribution in [-0.4, -0.2) is 12.2 Å². The highest BCUT2D eigenvalue weighted by molar-refractivity contribution is 9.12. The molecular weight excluding hydrogens is 378 g/mol. The molecule has 1 aromatic rings. The van der Waals surface area contributed by atoms with E-state index in [4.69, 9.17) is 10.5 Å². The molecule has 2 fully saturated rings. The number of nitrogens with two attached hydrogens (primary N) is 1. The monoisotopic (exact) mass is 393 g/mol. The molecule has 1 saturated heterocycles. The second-order valence-electron chi connectivity index (χ2n) is 5.44. The molecule has 1 spiro atoms. The third-order valence-corrected chi connectivity index (χ3v) is 6.73. The Bertz CT molecular complexity index is 444. The van der Waals surface area contributed by atoms with Crippen molar-refractivity contribution in [3.8, 4) is 0 Å². The Labute approximate surface area is 129 Å². The van der Waals surface area contributed by atoms with E-state index in [1.807, 2.05) is 0 Å². The van der Waals surface area contributed by atoms with Crippen molar-refractivity contribution in [3.63, 3.8) is 0 Å². The quantitative estimate of drug-likeness (QED) is 0.793. The summed E-state index contributed by atoms with van der Waals surface area (Å²) in [5, 5.41) is 0. The van der Waals surface area contributed by atoms with Gasteiger partial charge in [-0.05, 0) is 81.5 Å². The Balaban J connectivity index is 1.75. The molecule has 1 aliphatic carbocycles. The normalized spacial score (nSPS) is 28.1. The zero-order valence-corrected chi connectivity index (χ0v) is 14.1. The van der Waals surface area contributed by atoms with E-state index in [9.17, 15) is 0 Å². The van der Waals surface area contributed by atoms with Gasteiger partial charge in [-0.1, -0.05) is 0 Å². The molecule has 2 unspecified atom stereocenters. The molecule has 3 rings (SSSR count). The van der Waals surface area contributed by atoms with Gasteiger partial charge < -0.3 is 10.5 Å². The van der Waals surface area contributed by atoms with E-state index < -0.39 is 0 Å². The molecule has 2 aliphatic rings. The summed E-state index contributed by atoms with van der Waals surface area (Å²) in [6.45, 7) is 0.876. The maximum Gasteiger partial charge on any atom is 0.0758 e. The van der Waals surface area contributed by atoms with Crippen molar-refractivity contribution in [2.45, 2.75) is 43.7 Å². The van der Waals surface area contributed by atoms with E-state index >= 15 is 0 Å². The van der Waals surface area contributed by atoms with Crippen LogP contribution in [0.2, 0.25) is 0 Å². The van der Waals surface area contributed by atoms with E-state index in [-0.39, 0.29) is 11.6 Å². The summed E-state index contributed by atoms with van der Waals surface area (Å²) in [6.07, 6.45) is 5.99. The number of hydrogen-bond acceptors (Lipinski definition) is 3. The van der Waals surface area contributed by atoms with Gasteiger partial charge in [-0.2, -0.15) is 0 Å². The highest BCUT2D eigenvalue weighted by Crippen LogP contribution is 2.48. The van der Waals surface area contributed by atoms with Crippen LogP contribution in [0, 0.1) is 5.92 Å². The van der Waals surface area contributed by atoms with Crippen molar-refractivity contribution in [1.29, 1.82) is 0 Å². The highest BCUT2D eigenvalue weighted by Gasteiger charge is 2.44. The number of halogens is 2. The molecule has 1 aromatic heterocycles. The molecule has 5 heteroatoms. The van der Waals surface area contributed by atoms with Crippen molar-refractivity contribution in [3.05, 3.63) is 19.2 Å². The highest BCUT2D eigenvalue weighted by atomic mass is 79.9. The second-order valence-corrected chi connectivity index (χ2v) is 9.19. The zero-order valence-electron chi connectivity index (χ0n) is 10.1. The molecule has 0 bridgehead atoms. The van der Waals surface area contributed by atoms with E-state index in [2.05, 4.69) is 37.9 Å². The molecule has 0 aromatic carbocycles. The van der Waals surface area contributed by atoms with Crippen LogP contribution in [0.1, 0.15) is 43.7 Å². The van der Waals surface area contributed by atoms with Crippen molar-refractivity contribution in [2.75, 3.05) is 6.61 Å². The van der Waals surface area contributed by atoms with Crippen LogP contribution in [0.5, 0.6) is 0 Å². The molecule has 2 heterocycles. The molecular formula is C13H17Br2NOS. The van der Waals surface area contributed by atoms with Gasteiger partial charge in [-0.3, -0.25) is 0 Å². The molecule has 0 radical (unpaired) electrons. The Morgan fingerprint density at radius 1 is 1.44 bits per heavy atom. The fraction of sp³-hybridized carbons (Fsp3) is 0.692. The van der Waals surface area contributed by atoms with Gasteiger partial charge in [0.15, 0.2) is 0 Å². The van der Waals surface area contributed by atoms with Gasteiger partial charge in [0.05, 0.1) is 13.2 Å². The lowest BCUT2D eigenvalue weighted by Gasteiger charge is -2.48.